The Bertz CT molecular complexity index is 833. The van der Waals surface area contributed by atoms with Gasteiger partial charge in [0, 0.05) is 12.1 Å². The van der Waals surface area contributed by atoms with Crippen LogP contribution in [0.5, 0.6) is 0 Å². The normalized spacial score (nSPS) is 11.3. The maximum atomic E-state index is 13.2. The molecule has 0 saturated carbocycles. The molecule has 0 atom stereocenters. The number of halogens is 1. The molecule has 128 valence electrons. The third-order valence-corrected chi connectivity index (χ3v) is 5.05. The van der Waals surface area contributed by atoms with Crippen molar-refractivity contribution in [1.82, 2.24) is 4.72 Å². The number of sulfonamides is 1. The van der Waals surface area contributed by atoms with Crippen LogP contribution in [0.4, 0.5) is 10.1 Å². The van der Waals surface area contributed by atoms with Crippen LogP contribution in [-0.2, 0) is 21.2 Å². The van der Waals surface area contributed by atoms with Crippen LogP contribution < -0.4 is 10.0 Å². The molecule has 24 heavy (non-hydrogen) atoms. The van der Waals surface area contributed by atoms with Crippen molar-refractivity contribution >= 4 is 21.6 Å². The monoisotopic (exact) mass is 350 g/mol. The van der Waals surface area contributed by atoms with E-state index in [4.69, 9.17) is 0 Å². The fourth-order valence-corrected chi connectivity index (χ4v) is 2.88. The van der Waals surface area contributed by atoms with E-state index in [1.165, 1.54) is 31.3 Å². The number of anilines is 1. The summed E-state index contributed by atoms with van der Waals surface area (Å²) in [5.41, 5.74) is 2.08. The van der Waals surface area contributed by atoms with Crippen molar-refractivity contribution in [2.75, 3.05) is 12.4 Å². The SMILES string of the molecule is CNS(=O)(=O)c1ccc(CCC(=O)Nc2cc(F)ccc2C)cc1. The molecule has 0 unspecified atom stereocenters. The van der Waals surface area contributed by atoms with Crippen LogP contribution in [0.1, 0.15) is 17.5 Å². The molecule has 1 amide bonds. The van der Waals surface area contributed by atoms with Gasteiger partial charge in [-0.2, -0.15) is 0 Å². The molecule has 5 nitrogen and oxygen atoms in total. The first kappa shape index (κ1) is 18.1. The van der Waals surface area contributed by atoms with Gasteiger partial charge >= 0.3 is 0 Å². The minimum absolute atomic E-state index is 0.175. The van der Waals surface area contributed by atoms with Crippen molar-refractivity contribution < 1.29 is 17.6 Å². The maximum absolute atomic E-state index is 13.2. The van der Waals surface area contributed by atoms with Crippen molar-refractivity contribution in [2.24, 2.45) is 0 Å². The second kappa shape index (κ2) is 7.55. The molecule has 2 aromatic rings. The van der Waals surface area contributed by atoms with Gasteiger partial charge in [-0.05, 0) is 55.8 Å². The third-order valence-electron chi connectivity index (χ3n) is 3.62. The maximum Gasteiger partial charge on any atom is 0.240 e. The van der Waals surface area contributed by atoms with Crippen LogP contribution >= 0.6 is 0 Å². The molecule has 7 heteroatoms. The van der Waals surface area contributed by atoms with Gasteiger partial charge in [-0.15, -0.1) is 0 Å². The summed E-state index contributed by atoms with van der Waals surface area (Å²) in [6.45, 7) is 1.79. The van der Waals surface area contributed by atoms with Crippen LogP contribution in [0.3, 0.4) is 0 Å². The zero-order chi connectivity index (χ0) is 17.7. The van der Waals surface area contributed by atoms with E-state index in [1.54, 1.807) is 25.1 Å². The van der Waals surface area contributed by atoms with Crippen molar-refractivity contribution in [3.8, 4) is 0 Å². The summed E-state index contributed by atoms with van der Waals surface area (Å²) in [7, 11) is -2.11. The minimum atomic E-state index is -3.46. The van der Waals surface area contributed by atoms with Crippen molar-refractivity contribution in [2.45, 2.75) is 24.7 Å². The summed E-state index contributed by atoms with van der Waals surface area (Å²) >= 11 is 0. The molecular formula is C17H19FN2O3S. The first-order chi connectivity index (χ1) is 11.3. The highest BCUT2D eigenvalue weighted by Crippen LogP contribution is 2.17. The van der Waals surface area contributed by atoms with E-state index >= 15 is 0 Å². The smallest absolute Gasteiger partial charge is 0.240 e. The van der Waals surface area contributed by atoms with Crippen LogP contribution in [0.25, 0.3) is 0 Å². The molecule has 0 bridgehead atoms. The molecule has 0 radical (unpaired) electrons. The summed E-state index contributed by atoms with van der Waals surface area (Å²) in [5.74, 6) is -0.632. The highest BCUT2D eigenvalue weighted by atomic mass is 32.2. The Morgan fingerprint density at radius 2 is 1.79 bits per heavy atom. The lowest BCUT2D eigenvalue weighted by Gasteiger charge is -2.09. The predicted molar refractivity (Wildman–Crippen MR) is 90.8 cm³/mol. The van der Waals surface area contributed by atoms with E-state index in [-0.39, 0.29) is 17.2 Å². The summed E-state index contributed by atoms with van der Waals surface area (Å²) in [4.78, 5) is 12.2. The van der Waals surface area contributed by atoms with Crippen LogP contribution in [0, 0.1) is 12.7 Å². The van der Waals surface area contributed by atoms with Crippen molar-refractivity contribution in [1.29, 1.82) is 0 Å². The van der Waals surface area contributed by atoms with Crippen molar-refractivity contribution in [3.63, 3.8) is 0 Å². The molecule has 0 aliphatic carbocycles. The molecule has 2 aromatic carbocycles. The lowest BCUT2D eigenvalue weighted by Crippen LogP contribution is -2.18. The van der Waals surface area contributed by atoms with E-state index < -0.39 is 15.8 Å². The molecule has 0 heterocycles. The number of benzene rings is 2. The van der Waals surface area contributed by atoms with Gasteiger partial charge in [-0.1, -0.05) is 18.2 Å². The molecule has 0 aliphatic heterocycles. The summed E-state index contributed by atoms with van der Waals surface area (Å²) in [6.07, 6.45) is 0.675. The second-order valence-electron chi connectivity index (χ2n) is 5.36. The van der Waals surface area contributed by atoms with E-state index in [2.05, 4.69) is 10.0 Å². The Labute approximate surface area is 141 Å². The molecule has 2 N–H and O–H groups in total. The highest BCUT2D eigenvalue weighted by Gasteiger charge is 2.11. The van der Waals surface area contributed by atoms with Gasteiger partial charge in [0.2, 0.25) is 15.9 Å². The average molecular weight is 350 g/mol. The number of carbonyl (C=O) groups is 1. The summed E-state index contributed by atoms with van der Waals surface area (Å²) in [6, 6.07) is 10.6. The fraction of sp³-hybridized carbons (Fsp3) is 0.235. The highest BCUT2D eigenvalue weighted by molar-refractivity contribution is 7.89. The number of hydrogen-bond acceptors (Lipinski definition) is 3. The number of nitrogens with one attached hydrogen (secondary N) is 2. The summed E-state index contributed by atoms with van der Waals surface area (Å²) in [5, 5.41) is 2.68. The number of carbonyl (C=O) groups excluding carboxylic acids is 1. The zero-order valence-electron chi connectivity index (χ0n) is 13.5. The Morgan fingerprint density at radius 1 is 1.12 bits per heavy atom. The Balaban J connectivity index is 1.96. The minimum Gasteiger partial charge on any atom is -0.326 e. The van der Waals surface area contributed by atoms with E-state index in [1.807, 2.05) is 0 Å². The molecule has 0 aliphatic rings. The number of hydrogen-bond donors (Lipinski definition) is 2. The van der Waals surface area contributed by atoms with E-state index in [0.717, 1.165) is 11.1 Å². The largest absolute Gasteiger partial charge is 0.326 e. The first-order valence-corrected chi connectivity index (χ1v) is 8.88. The fourth-order valence-electron chi connectivity index (χ4n) is 2.15. The molecule has 0 spiro atoms. The van der Waals surface area contributed by atoms with Gasteiger partial charge in [0.05, 0.1) is 4.90 Å². The number of amides is 1. The van der Waals surface area contributed by atoms with Crippen LogP contribution in [-0.4, -0.2) is 21.4 Å². The molecule has 2 rings (SSSR count). The molecule has 0 aromatic heterocycles. The lowest BCUT2D eigenvalue weighted by atomic mass is 10.1. The van der Waals surface area contributed by atoms with Gasteiger partial charge in [-0.25, -0.2) is 17.5 Å². The number of rotatable bonds is 6. The summed E-state index contributed by atoms with van der Waals surface area (Å²) < 4.78 is 38.7. The average Bonchev–Trinajstić information content (AvgIpc) is 2.56. The van der Waals surface area contributed by atoms with Gasteiger partial charge in [0.15, 0.2) is 0 Å². The van der Waals surface area contributed by atoms with E-state index in [9.17, 15) is 17.6 Å². The van der Waals surface area contributed by atoms with Gasteiger partial charge in [0.1, 0.15) is 5.82 Å². The second-order valence-corrected chi connectivity index (χ2v) is 7.25. The topological polar surface area (TPSA) is 75.3 Å². The van der Waals surface area contributed by atoms with Crippen molar-refractivity contribution in [3.05, 3.63) is 59.4 Å². The molecular weight excluding hydrogens is 331 g/mol. The molecule has 0 fully saturated rings. The Kier molecular flexibility index (Phi) is 5.69. The number of aryl methyl sites for hydroxylation is 2. The van der Waals surface area contributed by atoms with Gasteiger partial charge in [0.25, 0.3) is 0 Å². The van der Waals surface area contributed by atoms with Gasteiger partial charge < -0.3 is 5.32 Å². The lowest BCUT2D eigenvalue weighted by molar-refractivity contribution is -0.116. The standard InChI is InChI=1S/C17H19FN2O3S/c1-12-3-7-14(18)11-16(12)20-17(21)10-6-13-4-8-15(9-5-13)24(22,23)19-2/h3-5,7-9,11,19H,6,10H2,1-2H3,(H,20,21). The molecule has 0 saturated heterocycles. The van der Waals surface area contributed by atoms with Crippen LogP contribution in [0.15, 0.2) is 47.4 Å². The van der Waals surface area contributed by atoms with Gasteiger partial charge in [-0.3, -0.25) is 4.79 Å². The van der Waals surface area contributed by atoms with E-state index in [0.29, 0.717) is 12.1 Å². The quantitative estimate of drug-likeness (QED) is 0.841. The Hall–Kier alpha value is -2.25. The zero-order valence-corrected chi connectivity index (χ0v) is 14.3. The van der Waals surface area contributed by atoms with Crippen LogP contribution in [0.2, 0.25) is 0 Å². The first-order valence-electron chi connectivity index (χ1n) is 7.40. The predicted octanol–water partition coefficient (Wildman–Crippen LogP) is 2.61. The Morgan fingerprint density at radius 3 is 2.42 bits per heavy atom. The third kappa shape index (κ3) is 4.62.